The molecule has 1 unspecified atom stereocenters. The van der Waals surface area contributed by atoms with Gasteiger partial charge in [0.05, 0.1) is 6.04 Å². The van der Waals surface area contributed by atoms with Crippen LogP contribution in [-0.2, 0) is 0 Å². The number of rotatable bonds is 3. The van der Waals surface area contributed by atoms with Gasteiger partial charge in [-0.3, -0.25) is 0 Å². The van der Waals surface area contributed by atoms with E-state index >= 15 is 0 Å². The quantitative estimate of drug-likeness (QED) is 0.735. The number of nitrogens with zero attached hydrogens (tertiary/aromatic N) is 2. The maximum absolute atomic E-state index is 4.35. The van der Waals surface area contributed by atoms with Gasteiger partial charge < -0.3 is 9.88 Å². The first kappa shape index (κ1) is 7.80. The van der Waals surface area contributed by atoms with E-state index in [1.807, 2.05) is 13.2 Å². The van der Waals surface area contributed by atoms with E-state index in [9.17, 15) is 0 Å². The second-order valence-corrected chi connectivity index (χ2v) is 3.43. The van der Waals surface area contributed by atoms with Crippen LogP contribution in [0.4, 0.5) is 0 Å². The predicted octanol–water partition coefficient (Wildman–Crippen LogP) is 1.50. The van der Waals surface area contributed by atoms with Gasteiger partial charge >= 0.3 is 0 Å². The minimum absolute atomic E-state index is 0.362. The zero-order chi connectivity index (χ0) is 8.55. The first-order valence-corrected chi connectivity index (χ1v) is 4.53. The Morgan fingerprint density at radius 1 is 1.67 bits per heavy atom. The summed E-state index contributed by atoms with van der Waals surface area (Å²) in [5.74, 6) is 1.17. The van der Waals surface area contributed by atoms with E-state index in [2.05, 4.69) is 28.0 Å². The third-order valence-corrected chi connectivity index (χ3v) is 2.46. The van der Waals surface area contributed by atoms with Crippen molar-refractivity contribution >= 4 is 0 Å². The normalized spacial score (nSPS) is 19.5. The lowest BCUT2D eigenvalue weighted by Crippen LogP contribution is -2.17. The topological polar surface area (TPSA) is 29.9 Å². The van der Waals surface area contributed by atoms with E-state index in [1.54, 1.807) is 0 Å². The Hall–Kier alpha value is -0.830. The molecular weight excluding hydrogens is 150 g/mol. The molecule has 1 aromatic heterocycles. The Labute approximate surface area is 72.8 Å². The number of aromatic nitrogens is 2. The van der Waals surface area contributed by atoms with E-state index < -0.39 is 0 Å². The summed E-state index contributed by atoms with van der Waals surface area (Å²) in [6.07, 6.45) is 6.61. The van der Waals surface area contributed by atoms with Gasteiger partial charge in [-0.15, -0.1) is 0 Å². The van der Waals surface area contributed by atoms with Crippen molar-refractivity contribution in [3.8, 4) is 0 Å². The van der Waals surface area contributed by atoms with E-state index in [4.69, 9.17) is 0 Å². The van der Waals surface area contributed by atoms with Crippen LogP contribution in [0.25, 0.3) is 0 Å². The van der Waals surface area contributed by atoms with Gasteiger partial charge in [0.2, 0.25) is 0 Å². The molecule has 0 aromatic carbocycles. The molecule has 1 aliphatic rings. The number of hydrogen-bond donors (Lipinski definition) is 1. The molecule has 0 aliphatic heterocycles. The first-order chi connectivity index (χ1) is 5.83. The average Bonchev–Trinajstić information content (AvgIpc) is 2.83. The van der Waals surface area contributed by atoms with E-state index in [0.717, 1.165) is 6.04 Å². The number of nitrogens with one attached hydrogen (secondary N) is 1. The predicted molar refractivity (Wildman–Crippen MR) is 48.0 cm³/mol. The Morgan fingerprint density at radius 2 is 2.42 bits per heavy atom. The van der Waals surface area contributed by atoms with Crippen molar-refractivity contribution in [3.05, 3.63) is 18.2 Å². The Morgan fingerprint density at radius 3 is 3.00 bits per heavy atom. The number of imidazole rings is 1. The van der Waals surface area contributed by atoms with Crippen molar-refractivity contribution in [1.82, 2.24) is 14.9 Å². The van der Waals surface area contributed by atoms with Crippen LogP contribution in [0.1, 0.15) is 37.7 Å². The van der Waals surface area contributed by atoms with E-state index in [0.29, 0.717) is 6.04 Å². The molecular formula is C9H15N3. The molecule has 1 fully saturated rings. The summed E-state index contributed by atoms with van der Waals surface area (Å²) >= 11 is 0. The van der Waals surface area contributed by atoms with E-state index in [-0.39, 0.29) is 0 Å². The largest absolute Gasteiger partial charge is 0.331 e. The molecule has 0 amide bonds. The molecule has 12 heavy (non-hydrogen) atoms. The van der Waals surface area contributed by atoms with Crippen molar-refractivity contribution < 1.29 is 0 Å². The molecule has 1 saturated carbocycles. The molecule has 0 spiro atoms. The molecule has 1 aliphatic carbocycles. The van der Waals surface area contributed by atoms with Crippen LogP contribution in [0.5, 0.6) is 0 Å². The fourth-order valence-electron chi connectivity index (χ4n) is 1.45. The summed E-state index contributed by atoms with van der Waals surface area (Å²) < 4.78 is 2.29. The molecule has 1 N–H and O–H groups in total. The molecule has 1 aromatic rings. The standard InChI is InChI=1S/C9H15N3/c1-7(10-2)9-11-5-6-12(9)8-3-4-8/h5-8,10H,3-4H2,1-2H3. The van der Waals surface area contributed by atoms with Gasteiger partial charge in [0.25, 0.3) is 0 Å². The fraction of sp³-hybridized carbons (Fsp3) is 0.667. The highest BCUT2D eigenvalue weighted by Crippen LogP contribution is 2.36. The highest BCUT2D eigenvalue weighted by atomic mass is 15.1. The van der Waals surface area contributed by atoms with Crippen LogP contribution < -0.4 is 5.32 Å². The minimum Gasteiger partial charge on any atom is -0.331 e. The number of hydrogen-bond acceptors (Lipinski definition) is 2. The molecule has 3 nitrogen and oxygen atoms in total. The fourth-order valence-corrected chi connectivity index (χ4v) is 1.45. The van der Waals surface area contributed by atoms with Gasteiger partial charge in [-0.25, -0.2) is 4.98 Å². The molecule has 0 radical (unpaired) electrons. The second-order valence-electron chi connectivity index (χ2n) is 3.43. The lowest BCUT2D eigenvalue weighted by atomic mass is 10.3. The third-order valence-electron chi connectivity index (χ3n) is 2.46. The highest BCUT2D eigenvalue weighted by molar-refractivity contribution is 5.03. The minimum atomic E-state index is 0.362. The van der Waals surface area contributed by atoms with Crippen LogP contribution >= 0.6 is 0 Å². The molecule has 0 bridgehead atoms. The van der Waals surface area contributed by atoms with Gasteiger partial charge in [0, 0.05) is 18.4 Å². The monoisotopic (exact) mass is 165 g/mol. The van der Waals surface area contributed by atoms with Gasteiger partial charge in [-0.1, -0.05) is 0 Å². The van der Waals surface area contributed by atoms with Crippen molar-refractivity contribution in [2.24, 2.45) is 0 Å². The molecule has 0 saturated heterocycles. The molecule has 1 heterocycles. The van der Waals surface area contributed by atoms with Crippen molar-refractivity contribution in [1.29, 1.82) is 0 Å². The summed E-state index contributed by atoms with van der Waals surface area (Å²) in [5.41, 5.74) is 0. The summed E-state index contributed by atoms with van der Waals surface area (Å²) in [7, 11) is 1.97. The van der Waals surface area contributed by atoms with Gasteiger partial charge in [0.1, 0.15) is 5.82 Å². The van der Waals surface area contributed by atoms with Gasteiger partial charge in [0.15, 0.2) is 0 Å². The van der Waals surface area contributed by atoms with Gasteiger partial charge in [-0.2, -0.15) is 0 Å². The molecule has 1 atom stereocenters. The maximum Gasteiger partial charge on any atom is 0.125 e. The zero-order valence-electron chi connectivity index (χ0n) is 7.62. The van der Waals surface area contributed by atoms with Crippen molar-refractivity contribution in [2.45, 2.75) is 31.8 Å². The summed E-state index contributed by atoms with van der Waals surface area (Å²) in [6, 6.07) is 1.10. The first-order valence-electron chi connectivity index (χ1n) is 4.53. The Balaban J connectivity index is 2.23. The third kappa shape index (κ3) is 1.25. The average molecular weight is 165 g/mol. The molecule has 2 rings (SSSR count). The maximum atomic E-state index is 4.35. The van der Waals surface area contributed by atoms with Crippen molar-refractivity contribution in [3.63, 3.8) is 0 Å². The van der Waals surface area contributed by atoms with Crippen LogP contribution in [0.2, 0.25) is 0 Å². The lowest BCUT2D eigenvalue weighted by molar-refractivity contribution is 0.558. The summed E-state index contributed by atoms with van der Waals surface area (Å²) in [5, 5.41) is 3.21. The smallest absolute Gasteiger partial charge is 0.125 e. The van der Waals surface area contributed by atoms with Crippen LogP contribution in [-0.4, -0.2) is 16.6 Å². The second kappa shape index (κ2) is 2.90. The van der Waals surface area contributed by atoms with Crippen LogP contribution in [0.3, 0.4) is 0 Å². The highest BCUT2D eigenvalue weighted by Gasteiger charge is 2.26. The SMILES string of the molecule is CNC(C)c1nccn1C1CC1. The summed E-state index contributed by atoms with van der Waals surface area (Å²) in [4.78, 5) is 4.35. The Bertz CT molecular complexity index is 262. The summed E-state index contributed by atoms with van der Waals surface area (Å²) in [6.45, 7) is 2.14. The molecule has 66 valence electrons. The van der Waals surface area contributed by atoms with Gasteiger partial charge in [-0.05, 0) is 26.8 Å². The van der Waals surface area contributed by atoms with Crippen molar-refractivity contribution in [2.75, 3.05) is 7.05 Å². The van der Waals surface area contributed by atoms with E-state index in [1.165, 1.54) is 18.7 Å². The molecule has 3 heteroatoms. The Kier molecular flexibility index (Phi) is 1.89. The lowest BCUT2D eigenvalue weighted by Gasteiger charge is -2.11. The zero-order valence-corrected chi connectivity index (χ0v) is 7.62. The van der Waals surface area contributed by atoms with Crippen LogP contribution in [0, 0.1) is 0 Å². The van der Waals surface area contributed by atoms with Crippen LogP contribution in [0.15, 0.2) is 12.4 Å².